The number of amides is 3. The Morgan fingerprint density at radius 1 is 1.17 bits per heavy atom. The van der Waals surface area contributed by atoms with E-state index in [-0.39, 0.29) is 11.8 Å². The molecular weight excluding hydrogens is 402 g/mol. The predicted molar refractivity (Wildman–Crippen MR) is 116 cm³/mol. The number of hydrogen-bond acceptors (Lipinski definition) is 5. The highest BCUT2D eigenvalue weighted by Crippen LogP contribution is 2.37. The molecule has 0 saturated heterocycles. The molecule has 4 rings (SSSR count). The van der Waals surface area contributed by atoms with E-state index >= 15 is 0 Å². The summed E-state index contributed by atoms with van der Waals surface area (Å²) in [7, 11) is 1.51. The number of nitrogens with zero attached hydrogens (tertiary/aromatic N) is 1. The molecular formula is C22H21N3O4S. The summed E-state index contributed by atoms with van der Waals surface area (Å²) in [6.07, 6.45) is 0.527. The smallest absolute Gasteiger partial charge is 0.260 e. The van der Waals surface area contributed by atoms with Crippen LogP contribution >= 0.6 is 11.3 Å². The van der Waals surface area contributed by atoms with Crippen molar-refractivity contribution in [3.8, 4) is 5.75 Å². The van der Waals surface area contributed by atoms with Crippen LogP contribution in [-0.2, 0) is 17.8 Å². The molecule has 1 aromatic heterocycles. The third kappa shape index (κ3) is 3.50. The lowest BCUT2D eigenvalue weighted by Gasteiger charge is -2.25. The average molecular weight is 423 g/mol. The molecule has 0 fully saturated rings. The molecule has 1 aliphatic heterocycles. The highest BCUT2D eigenvalue weighted by molar-refractivity contribution is 7.17. The Kier molecular flexibility index (Phi) is 5.17. The molecule has 0 spiro atoms. The molecule has 2 heterocycles. The molecule has 8 heteroatoms. The van der Waals surface area contributed by atoms with Crippen molar-refractivity contribution >= 4 is 44.8 Å². The monoisotopic (exact) mass is 423 g/mol. The SMILES string of the molecule is COc1cc2ccccc2cc1C(=O)Nc1sc2c(c1C(N)=O)CCN(C(C)=O)C2. The van der Waals surface area contributed by atoms with Crippen molar-refractivity contribution < 1.29 is 19.1 Å². The summed E-state index contributed by atoms with van der Waals surface area (Å²) in [6.45, 7) is 2.44. The first-order valence-electron chi connectivity index (χ1n) is 9.47. The van der Waals surface area contributed by atoms with E-state index in [2.05, 4.69) is 5.32 Å². The standard InChI is InChI=1S/C22H21N3O4S/c1-12(26)25-8-7-15-18(11-25)30-22(19(15)20(23)27)24-21(28)16-9-13-5-3-4-6-14(13)10-17(16)29-2/h3-6,9-10H,7-8,11H2,1-2H3,(H2,23,27)(H,24,28). The number of nitrogens with one attached hydrogen (secondary N) is 1. The van der Waals surface area contributed by atoms with Gasteiger partial charge in [-0.1, -0.05) is 24.3 Å². The molecule has 3 N–H and O–H groups in total. The van der Waals surface area contributed by atoms with E-state index in [0.29, 0.717) is 41.4 Å². The highest BCUT2D eigenvalue weighted by Gasteiger charge is 2.29. The third-order valence-corrected chi connectivity index (χ3v) is 6.42. The summed E-state index contributed by atoms with van der Waals surface area (Å²) in [5.74, 6) is -0.566. The van der Waals surface area contributed by atoms with Crippen LogP contribution in [0, 0.1) is 0 Å². The van der Waals surface area contributed by atoms with Crippen LogP contribution in [0.3, 0.4) is 0 Å². The van der Waals surface area contributed by atoms with Crippen LogP contribution in [-0.4, -0.2) is 36.3 Å². The van der Waals surface area contributed by atoms with E-state index in [1.165, 1.54) is 25.4 Å². The van der Waals surface area contributed by atoms with Gasteiger partial charge in [-0.05, 0) is 34.9 Å². The number of carbonyl (C=O) groups excluding carboxylic acids is 3. The molecule has 0 unspecified atom stereocenters. The van der Waals surface area contributed by atoms with Crippen molar-refractivity contribution in [1.82, 2.24) is 4.90 Å². The van der Waals surface area contributed by atoms with Crippen molar-refractivity contribution in [3.05, 3.63) is 58.0 Å². The summed E-state index contributed by atoms with van der Waals surface area (Å²) >= 11 is 1.28. The fraction of sp³-hybridized carbons (Fsp3) is 0.227. The molecule has 154 valence electrons. The van der Waals surface area contributed by atoms with E-state index < -0.39 is 5.91 Å². The number of nitrogens with two attached hydrogens (primary N) is 1. The Morgan fingerprint density at radius 3 is 2.50 bits per heavy atom. The molecule has 7 nitrogen and oxygen atoms in total. The zero-order chi connectivity index (χ0) is 21.4. The first-order chi connectivity index (χ1) is 14.4. The van der Waals surface area contributed by atoms with Crippen molar-refractivity contribution in [3.63, 3.8) is 0 Å². The number of methoxy groups -OCH3 is 1. The lowest BCUT2D eigenvalue weighted by molar-refractivity contribution is -0.129. The Morgan fingerprint density at radius 2 is 1.87 bits per heavy atom. The maximum absolute atomic E-state index is 13.1. The Balaban J connectivity index is 1.71. The molecule has 0 atom stereocenters. The number of thiophene rings is 1. The van der Waals surface area contributed by atoms with Crippen molar-refractivity contribution in [1.29, 1.82) is 0 Å². The molecule has 30 heavy (non-hydrogen) atoms. The van der Waals surface area contributed by atoms with Crippen LogP contribution in [0.1, 0.15) is 38.1 Å². The van der Waals surface area contributed by atoms with Crippen LogP contribution in [0.2, 0.25) is 0 Å². The van der Waals surface area contributed by atoms with Gasteiger partial charge in [-0.25, -0.2) is 0 Å². The maximum Gasteiger partial charge on any atom is 0.260 e. The molecule has 3 amide bonds. The normalized spacial score (nSPS) is 13.1. The molecule has 0 aliphatic carbocycles. The Bertz CT molecular complexity index is 1180. The third-order valence-electron chi connectivity index (χ3n) is 5.29. The minimum Gasteiger partial charge on any atom is -0.496 e. The summed E-state index contributed by atoms with van der Waals surface area (Å²) in [4.78, 5) is 39.6. The number of hydrogen-bond donors (Lipinski definition) is 2. The number of rotatable bonds is 4. The maximum atomic E-state index is 13.1. The largest absolute Gasteiger partial charge is 0.496 e. The van der Waals surface area contributed by atoms with E-state index in [4.69, 9.17) is 10.5 Å². The lowest BCUT2D eigenvalue weighted by Crippen LogP contribution is -2.34. The van der Waals surface area contributed by atoms with Crippen LogP contribution < -0.4 is 15.8 Å². The van der Waals surface area contributed by atoms with Gasteiger partial charge in [0.05, 0.1) is 24.8 Å². The van der Waals surface area contributed by atoms with Gasteiger partial charge in [-0.3, -0.25) is 14.4 Å². The number of fused-ring (bicyclic) bond motifs is 2. The van der Waals surface area contributed by atoms with E-state index in [1.54, 1.807) is 11.0 Å². The van der Waals surface area contributed by atoms with Gasteiger partial charge in [0.25, 0.3) is 11.8 Å². The zero-order valence-corrected chi connectivity index (χ0v) is 17.5. The molecule has 0 radical (unpaired) electrons. The number of carbonyl (C=O) groups is 3. The zero-order valence-electron chi connectivity index (χ0n) is 16.7. The summed E-state index contributed by atoms with van der Waals surface area (Å²) in [5.41, 5.74) is 7.13. The highest BCUT2D eigenvalue weighted by atomic mass is 32.1. The number of benzene rings is 2. The second kappa shape index (κ2) is 7.79. The van der Waals surface area contributed by atoms with Gasteiger partial charge in [0.1, 0.15) is 10.8 Å². The molecule has 2 aromatic carbocycles. The van der Waals surface area contributed by atoms with Crippen molar-refractivity contribution in [2.75, 3.05) is 19.0 Å². The van der Waals surface area contributed by atoms with Crippen LogP contribution in [0.15, 0.2) is 36.4 Å². The van der Waals surface area contributed by atoms with Crippen molar-refractivity contribution in [2.24, 2.45) is 5.73 Å². The molecule has 3 aromatic rings. The van der Waals surface area contributed by atoms with Gasteiger partial charge in [0.2, 0.25) is 5.91 Å². The van der Waals surface area contributed by atoms with Gasteiger partial charge in [0, 0.05) is 18.3 Å². The molecule has 0 saturated carbocycles. The molecule has 1 aliphatic rings. The fourth-order valence-corrected chi connectivity index (χ4v) is 5.02. The van der Waals surface area contributed by atoms with Crippen LogP contribution in [0.25, 0.3) is 10.8 Å². The number of primary amides is 1. The number of ether oxygens (including phenoxy) is 1. The second-order valence-electron chi connectivity index (χ2n) is 7.12. The summed E-state index contributed by atoms with van der Waals surface area (Å²) in [5, 5.41) is 5.11. The summed E-state index contributed by atoms with van der Waals surface area (Å²) in [6, 6.07) is 11.2. The summed E-state index contributed by atoms with van der Waals surface area (Å²) < 4.78 is 5.42. The van der Waals surface area contributed by atoms with Crippen molar-refractivity contribution in [2.45, 2.75) is 19.9 Å². The van der Waals surface area contributed by atoms with Gasteiger partial charge < -0.3 is 20.7 Å². The number of anilines is 1. The van der Waals surface area contributed by atoms with Gasteiger partial charge >= 0.3 is 0 Å². The van der Waals surface area contributed by atoms with Gasteiger partial charge in [-0.2, -0.15) is 0 Å². The average Bonchev–Trinajstić information content (AvgIpc) is 3.09. The quantitative estimate of drug-likeness (QED) is 0.673. The predicted octanol–water partition coefficient (Wildman–Crippen LogP) is 3.17. The Hall–Kier alpha value is -3.39. The first-order valence-corrected chi connectivity index (χ1v) is 10.3. The first kappa shape index (κ1) is 19.9. The van der Waals surface area contributed by atoms with E-state index in [0.717, 1.165) is 21.2 Å². The van der Waals surface area contributed by atoms with E-state index in [9.17, 15) is 14.4 Å². The topological polar surface area (TPSA) is 102 Å². The van der Waals surface area contributed by atoms with E-state index in [1.807, 2.05) is 30.3 Å². The van der Waals surface area contributed by atoms with Gasteiger partial charge in [0.15, 0.2) is 0 Å². The lowest BCUT2D eigenvalue weighted by atomic mass is 10.0. The fourth-order valence-electron chi connectivity index (χ4n) is 3.76. The minimum atomic E-state index is -0.593. The van der Waals surface area contributed by atoms with Crippen LogP contribution in [0.5, 0.6) is 5.75 Å². The Labute approximate surface area is 177 Å². The molecule has 0 bridgehead atoms. The van der Waals surface area contributed by atoms with Gasteiger partial charge in [-0.15, -0.1) is 11.3 Å². The van der Waals surface area contributed by atoms with Crippen LogP contribution in [0.4, 0.5) is 5.00 Å². The second-order valence-corrected chi connectivity index (χ2v) is 8.22. The minimum absolute atomic E-state index is 0.0267.